The highest BCUT2D eigenvalue weighted by Gasteiger charge is 2.13. The normalized spacial score (nSPS) is 11.2. The van der Waals surface area contributed by atoms with Crippen molar-refractivity contribution in [1.82, 2.24) is 10.0 Å². The van der Waals surface area contributed by atoms with Crippen LogP contribution in [0.3, 0.4) is 0 Å². The molecule has 0 saturated carbocycles. The monoisotopic (exact) mass is 333 g/mol. The zero-order valence-electron chi connectivity index (χ0n) is 12.1. The number of halogens is 1. The van der Waals surface area contributed by atoms with Crippen molar-refractivity contribution in [2.45, 2.75) is 13.8 Å². The quantitative estimate of drug-likeness (QED) is 0.672. The van der Waals surface area contributed by atoms with Gasteiger partial charge in [-0.15, -0.1) is 0 Å². The molecule has 8 heteroatoms. The molecule has 6 nitrogen and oxygen atoms in total. The first kappa shape index (κ1) is 17.7. The van der Waals surface area contributed by atoms with Crippen molar-refractivity contribution >= 4 is 33.2 Å². The number of sulfonamides is 1. The van der Waals surface area contributed by atoms with Crippen LogP contribution in [-0.2, 0) is 10.0 Å². The van der Waals surface area contributed by atoms with Gasteiger partial charge in [-0.05, 0) is 25.1 Å². The Hall–Kier alpha value is -1.31. The van der Waals surface area contributed by atoms with E-state index in [2.05, 4.69) is 15.4 Å². The molecule has 0 atom stereocenters. The Morgan fingerprint density at radius 2 is 1.95 bits per heavy atom. The van der Waals surface area contributed by atoms with Gasteiger partial charge in [0.15, 0.2) is 0 Å². The number of carbonyl (C=O) groups excluding carboxylic acids is 1. The van der Waals surface area contributed by atoms with Gasteiger partial charge in [0, 0.05) is 30.3 Å². The van der Waals surface area contributed by atoms with E-state index >= 15 is 0 Å². The molecule has 1 amide bonds. The number of hydrogen-bond acceptors (Lipinski definition) is 4. The maximum Gasteiger partial charge on any atom is 0.253 e. The lowest BCUT2D eigenvalue weighted by Crippen LogP contribution is -2.34. The smallest absolute Gasteiger partial charge is 0.253 e. The maximum absolute atomic E-state index is 12.1. The lowest BCUT2D eigenvalue weighted by molar-refractivity contribution is 0.0957. The van der Waals surface area contributed by atoms with E-state index in [-0.39, 0.29) is 18.2 Å². The molecule has 0 aliphatic carbocycles. The van der Waals surface area contributed by atoms with Crippen LogP contribution in [0.1, 0.15) is 24.2 Å². The zero-order chi connectivity index (χ0) is 15.9. The number of benzene rings is 1. The predicted octanol–water partition coefficient (Wildman–Crippen LogP) is 1.44. The first-order valence-electron chi connectivity index (χ1n) is 6.68. The van der Waals surface area contributed by atoms with Gasteiger partial charge in [0.1, 0.15) is 0 Å². The number of rotatable bonds is 8. The van der Waals surface area contributed by atoms with Crippen LogP contribution in [0.5, 0.6) is 0 Å². The van der Waals surface area contributed by atoms with Crippen LogP contribution in [-0.4, -0.2) is 39.7 Å². The highest BCUT2D eigenvalue weighted by Crippen LogP contribution is 2.20. The predicted molar refractivity (Wildman–Crippen MR) is 85.4 cm³/mol. The van der Waals surface area contributed by atoms with Gasteiger partial charge in [0.05, 0.1) is 11.3 Å². The third kappa shape index (κ3) is 5.91. The Kier molecular flexibility index (Phi) is 6.94. The molecule has 3 N–H and O–H groups in total. The Bertz CT molecular complexity index is 590. The molecule has 0 aromatic heterocycles. The topological polar surface area (TPSA) is 87.3 Å². The lowest BCUT2D eigenvalue weighted by atomic mass is 10.1. The van der Waals surface area contributed by atoms with E-state index in [0.29, 0.717) is 29.4 Å². The van der Waals surface area contributed by atoms with Crippen LogP contribution < -0.4 is 15.4 Å². The van der Waals surface area contributed by atoms with Crippen LogP contribution in [0, 0.1) is 0 Å². The second-order valence-corrected chi connectivity index (χ2v) is 6.66. The minimum absolute atomic E-state index is 0.0340. The number of anilines is 1. The van der Waals surface area contributed by atoms with E-state index in [1.807, 2.05) is 6.92 Å². The fourth-order valence-corrected chi connectivity index (χ4v) is 2.86. The van der Waals surface area contributed by atoms with E-state index in [4.69, 9.17) is 11.6 Å². The van der Waals surface area contributed by atoms with Gasteiger partial charge in [-0.25, -0.2) is 13.1 Å². The van der Waals surface area contributed by atoms with Crippen LogP contribution in [0.25, 0.3) is 0 Å². The van der Waals surface area contributed by atoms with Crippen molar-refractivity contribution < 1.29 is 13.2 Å². The molecule has 1 aromatic rings. The van der Waals surface area contributed by atoms with E-state index in [9.17, 15) is 13.2 Å². The first-order chi connectivity index (χ1) is 9.89. The van der Waals surface area contributed by atoms with E-state index in [1.165, 1.54) is 0 Å². The fourth-order valence-electron chi connectivity index (χ4n) is 1.74. The Balaban J connectivity index is 2.69. The van der Waals surface area contributed by atoms with E-state index in [0.717, 1.165) is 0 Å². The number of hydrogen-bond donors (Lipinski definition) is 3. The van der Waals surface area contributed by atoms with Crippen molar-refractivity contribution in [2.24, 2.45) is 0 Å². The molecular weight excluding hydrogens is 314 g/mol. The van der Waals surface area contributed by atoms with E-state index in [1.54, 1.807) is 25.1 Å². The molecule has 0 heterocycles. The van der Waals surface area contributed by atoms with Gasteiger partial charge in [-0.1, -0.05) is 18.5 Å². The summed E-state index contributed by atoms with van der Waals surface area (Å²) in [7, 11) is -3.34. The van der Waals surface area contributed by atoms with Crippen molar-refractivity contribution in [1.29, 1.82) is 0 Å². The lowest BCUT2D eigenvalue weighted by Gasteiger charge is -2.12. The van der Waals surface area contributed by atoms with Gasteiger partial charge in [-0.2, -0.15) is 0 Å². The van der Waals surface area contributed by atoms with Crippen LogP contribution in [0.2, 0.25) is 5.02 Å². The fraction of sp³-hybridized carbons (Fsp3) is 0.462. The summed E-state index contributed by atoms with van der Waals surface area (Å²) < 4.78 is 25.3. The minimum Gasteiger partial charge on any atom is -0.385 e. The molecular formula is C13H20ClN3O3S. The molecule has 0 spiro atoms. The largest absolute Gasteiger partial charge is 0.385 e. The Morgan fingerprint density at radius 3 is 2.57 bits per heavy atom. The van der Waals surface area contributed by atoms with Crippen LogP contribution in [0.4, 0.5) is 5.69 Å². The number of nitrogens with one attached hydrogen (secondary N) is 3. The second kappa shape index (κ2) is 8.21. The highest BCUT2D eigenvalue weighted by molar-refractivity contribution is 7.89. The number of amides is 1. The second-order valence-electron chi connectivity index (χ2n) is 4.29. The van der Waals surface area contributed by atoms with Crippen molar-refractivity contribution in [3.8, 4) is 0 Å². The highest BCUT2D eigenvalue weighted by atomic mass is 35.5. The summed E-state index contributed by atoms with van der Waals surface area (Å²) in [6.45, 7) is 4.64. The third-order valence-electron chi connectivity index (χ3n) is 2.61. The summed E-state index contributed by atoms with van der Waals surface area (Å²) in [5.41, 5.74) is 1.05. The molecule has 0 saturated heterocycles. The summed E-state index contributed by atoms with van der Waals surface area (Å²) in [4.78, 5) is 12.1. The molecule has 1 aromatic carbocycles. The average molecular weight is 334 g/mol. The molecule has 0 aliphatic heterocycles. The molecule has 0 bridgehead atoms. The number of carbonyl (C=O) groups is 1. The standard InChI is InChI=1S/C13H20ClN3O3S/c1-3-15-12-6-5-10(14)9-11(12)13(18)16-7-8-21(19,20)17-4-2/h5-6,9,15,17H,3-4,7-8H2,1-2H3,(H,16,18). The van der Waals surface area contributed by atoms with Gasteiger partial charge in [-0.3, -0.25) is 4.79 Å². The third-order valence-corrected chi connectivity index (χ3v) is 4.32. The van der Waals surface area contributed by atoms with Crippen LogP contribution >= 0.6 is 11.6 Å². The van der Waals surface area contributed by atoms with Crippen molar-refractivity contribution in [2.75, 3.05) is 30.7 Å². The average Bonchev–Trinajstić information content (AvgIpc) is 2.40. The SMILES string of the molecule is CCNc1ccc(Cl)cc1C(=O)NCCS(=O)(=O)NCC. The summed E-state index contributed by atoms with van der Waals surface area (Å²) in [5, 5.41) is 6.09. The summed E-state index contributed by atoms with van der Waals surface area (Å²) in [6, 6.07) is 4.95. The van der Waals surface area contributed by atoms with Gasteiger partial charge in [0.25, 0.3) is 5.91 Å². The summed E-state index contributed by atoms with van der Waals surface area (Å²) >= 11 is 5.90. The maximum atomic E-state index is 12.1. The molecule has 0 fully saturated rings. The summed E-state index contributed by atoms with van der Waals surface area (Å²) in [6.07, 6.45) is 0. The van der Waals surface area contributed by atoms with Crippen LogP contribution in [0.15, 0.2) is 18.2 Å². The molecule has 21 heavy (non-hydrogen) atoms. The summed E-state index contributed by atoms with van der Waals surface area (Å²) in [5.74, 6) is -0.524. The first-order valence-corrected chi connectivity index (χ1v) is 8.71. The van der Waals surface area contributed by atoms with Gasteiger partial charge in [0.2, 0.25) is 10.0 Å². The Morgan fingerprint density at radius 1 is 1.24 bits per heavy atom. The molecule has 118 valence electrons. The van der Waals surface area contributed by atoms with Gasteiger partial charge < -0.3 is 10.6 Å². The molecule has 0 radical (unpaired) electrons. The van der Waals surface area contributed by atoms with Crippen molar-refractivity contribution in [3.05, 3.63) is 28.8 Å². The minimum atomic E-state index is -3.34. The molecule has 1 rings (SSSR count). The Labute approximate surface area is 130 Å². The van der Waals surface area contributed by atoms with Crippen molar-refractivity contribution in [3.63, 3.8) is 0 Å². The molecule has 0 unspecified atom stereocenters. The van der Waals surface area contributed by atoms with Gasteiger partial charge >= 0.3 is 0 Å². The molecule has 0 aliphatic rings. The zero-order valence-corrected chi connectivity index (χ0v) is 13.6. The van der Waals surface area contributed by atoms with E-state index < -0.39 is 10.0 Å².